The number of thioether (sulfide) groups is 2. The van der Waals surface area contributed by atoms with Crippen LogP contribution in [0.4, 0.5) is 0 Å². The largest absolute Gasteiger partial charge is 0.414 e. The van der Waals surface area contributed by atoms with Gasteiger partial charge in [-0.05, 0) is 143 Å². The third-order valence-corrected chi connectivity index (χ3v) is 27.9. The van der Waals surface area contributed by atoms with E-state index < -0.39 is 33.9 Å². The Morgan fingerprint density at radius 3 is 1.78 bits per heavy atom. The molecule has 3 fully saturated rings. The Kier molecular flexibility index (Phi) is 15.0. The van der Waals surface area contributed by atoms with Gasteiger partial charge in [0.2, 0.25) is 0 Å². The number of rotatable bonds is 17. The quantitative estimate of drug-likeness (QED) is 0.0996. The maximum Gasteiger partial charge on any atom is 0.192 e. The highest BCUT2D eigenvalue weighted by Crippen LogP contribution is 2.67. The highest BCUT2D eigenvalue weighted by Gasteiger charge is 2.60. The van der Waals surface area contributed by atoms with Crippen LogP contribution in [0.2, 0.25) is 36.3 Å². The lowest BCUT2D eigenvalue weighted by molar-refractivity contribution is -0.000842. The molecule has 4 rings (SSSR count). The number of aliphatic hydroxyl groups excluding tert-OH is 1. The van der Waals surface area contributed by atoms with Crippen molar-refractivity contribution in [3.8, 4) is 0 Å². The molecule has 0 bridgehead atoms. The van der Waals surface area contributed by atoms with Gasteiger partial charge in [-0.15, -0.1) is 0 Å². The van der Waals surface area contributed by atoms with Crippen molar-refractivity contribution in [1.29, 1.82) is 0 Å². The first kappa shape index (κ1) is 47.1. The van der Waals surface area contributed by atoms with Crippen LogP contribution in [0.3, 0.4) is 0 Å². The van der Waals surface area contributed by atoms with Crippen molar-refractivity contribution in [2.45, 2.75) is 204 Å². The molecule has 9 heteroatoms. The summed E-state index contributed by atoms with van der Waals surface area (Å²) in [4.78, 5) is 0. The van der Waals surface area contributed by atoms with E-state index >= 15 is 0 Å². The van der Waals surface area contributed by atoms with Crippen LogP contribution in [0.25, 0.3) is 0 Å². The fourth-order valence-electron chi connectivity index (χ4n) is 9.84. The average molecular weight is 825 g/mol. The minimum atomic E-state index is -1.95. The Balaban J connectivity index is 1.47. The molecule has 4 aliphatic carbocycles. The molecule has 5 nitrogen and oxygen atoms in total. The summed E-state index contributed by atoms with van der Waals surface area (Å²) >= 11 is 3.89. The van der Waals surface area contributed by atoms with Crippen LogP contribution in [-0.2, 0) is 8.85 Å². The lowest BCUT2D eigenvalue weighted by atomic mass is 9.50. The molecule has 0 heterocycles. The molecule has 3 N–H and O–H groups in total. The molecule has 54 heavy (non-hydrogen) atoms. The second-order valence-corrected chi connectivity index (χ2v) is 34.4. The van der Waals surface area contributed by atoms with Gasteiger partial charge in [-0.1, -0.05) is 92.0 Å². The summed E-state index contributed by atoms with van der Waals surface area (Å²) in [6.07, 6.45) is 15.2. The van der Waals surface area contributed by atoms with Gasteiger partial charge >= 0.3 is 0 Å². The van der Waals surface area contributed by atoms with Gasteiger partial charge in [-0.3, -0.25) is 0 Å². The van der Waals surface area contributed by atoms with Crippen molar-refractivity contribution in [3.63, 3.8) is 0 Å². The summed E-state index contributed by atoms with van der Waals surface area (Å²) in [6, 6.07) is 0. The molecule has 10 atom stereocenters. The third kappa shape index (κ3) is 10.2. The van der Waals surface area contributed by atoms with E-state index in [1.54, 1.807) is 5.57 Å². The zero-order valence-electron chi connectivity index (χ0n) is 37.5. The number of hydrogen-bond donors (Lipinski definition) is 3. The van der Waals surface area contributed by atoms with E-state index in [4.69, 9.17) is 8.85 Å². The maximum atomic E-state index is 12.4. The van der Waals surface area contributed by atoms with E-state index in [9.17, 15) is 15.3 Å². The Morgan fingerprint density at radius 2 is 1.28 bits per heavy atom. The molecular weight excluding hydrogens is 741 g/mol. The summed E-state index contributed by atoms with van der Waals surface area (Å²) < 4.78 is 12.9. The van der Waals surface area contributed by atoms with E-state index in [-0.39, 0.29) is 26.0 Å². The first-order valence-electron chi connectivity index (χ1n) is 21.7. The second kappa shape index (κ2) is 17.2. The monoisotopic (exact) mass is 825 g/mol. The topological polar surface area (TPSA) is 79.2 Å². The predicted octanol–water partition coefficient (Wildman–Crippen LogP) is 11.8. The van der Waals surface area contributed by atoms with E-state index in [1.165, 1.54) is 37.7 Å². The zero-order chi connectivity index (χ0) is 40.8. The van der Waals surface area contributed by atoms with Gasteiger partial charge in [0.1, 0.15) is 0 Å². The normalized spacial score (nSPS) is 34.3. The van der Waals surface area contributed by atoms with Crippen LogP contribution in [0.1, 0.15) is 140 Å². The molecule has 0 spiro atoms. The van der Waals surface area contributed by atoms with Crippen molar-refractivity contribution in [2.24, 2.45) is 28.6 Å². The number of hydrogen-bond acceptors (Lipinski definition) is 7. The molecule has 0 aromatic carbocycles. The van der Waals surface area contributed by atoms with Crippen LogP contribution >= 0.6 is 23.5 Å². The molecule has 5 unspecified atom stereocenters. The smallest absolute Gasteiger partial charge is 0.192 e. The van der Waals surface area contributed by atoms with E-state index in [1.807, 2.05) is 37.4 Å². The first-order chi connectivity index (χ1) is 24.6. The van der Waals surface area contributed by atoms with Crippen LogP contribution in [0.5, 0.6) is 0 Å². The highest BCUT2D eigenvalue weighted by molar-refractivity contribution is 8.01. The second-order valence-electron chi connectivity index (χ2n) is 22.2. The third-order valence-electron chi connectivity index (χ3n) is 15.8. The average Bonchev–Trinajstić information content (AvgIpc) is 3.40. The molecule has 0 aromatic heterocycles. The van der Waals surface area contributed by atoms with Crippen molar-refractivity contribution >= 4 is 40.2 Å². The lowest BCUT2D eigenvalue weighted by Gasteiger charge is -2.58. The SMILES string of the molecule is CC[C@H]1CC[C@H]2C3=CC=C4CC(SCCCC(C)(O)CO[Si](C)(C)C(C)(C)C)C(O)C(SCCCC(C)(O)CO[Si](C)(C)C(C)(C)C)[C@]4(C)[C@H]3CC[C@]12C. The summed E-state index contributed by atoms with van der Waals surface area (Å²) in [6.45, 7) is 34.6. The fraction of sp³-hybridized carbons (Fsp3) is 0.911. The summed E-state index contributed by atoms with van der Waals surface area (Å²) in [7, 11) is -3.88. The van der Waals surface area contributed by atoms with Crippen LogP contribution in [0, 0.1) is 28.6 Å². The molecule has 0 aromatic rings. The van der Waals surface area contributed by atoms with Gasteiger partial charge in [0.05, 0.1) is 30.5 Å². The molecule has 314 valence electrons. The highest BCUT2D eigenvalue weighted by atomic mass is 32.2. The predicted molar refractivity (Wildman–Crippen MR) is 241 cm³/mol. The molecule has 0 saturated heterocycles. The van der Waals surface area contributed by atoms with Gasteiger partial charge in [0, 0.05) is 15.9 Å². The molecule has 4 aliphatic rings. The Labute approximate surface area is 343 Å². The van der Waals surface area contributed by atoms with Gasteiger partial charge in [0.25, 0.3) is 0 Å². The van der Waals surface area contributed by atoms with Crippen LogP contribution in [-0.4, -0.2) is 84.5 Å². The Morgan fingerprint density at radius 1 is 0.759 bits per heavy atom. The van der Waals surface area contributed by atoms with Gasteiger partial charge in [-0.25, -0.2) is 0 Å². The van der Waals surface area contributed by atoms with Gasteiger partial charge < -0.3 is 24.2 Å². The van der Waals surface area contributed by atoms with Gasteiger partial charge in [0.15, 0.2) is 16.6 Å². The maximum absolute atomic E-state index is 12.4. The van der Waals surface area contributed by atoms with E-state index in [0.717, 1.165) is 36.7 Å². The zero-order valence-corrected chi connectivity index (χ0v) is 41.1. The van der Waals surface area contributed by atoms with Gasteiger partial charge in [-0.2, -0.15) is 23.5 Å². The van der Waals surface area contributed by atoms with E-state index in [2.05, 4.69) is 101 Å². The molecule has 0 aliphatic heterocycles. The summed E-state index contributed by atoms with van der Waals surface area (Å²) in [5.41, 5.74) is 1.84. The molecule has 0 radical (unpaired) electrons. The number of allylic oxidation sites excluding steroid dienone is 4. The standard InChI is InChI=1S/C45H84O5S2Si2/c1-16-32-20-22-35-34-21-19-33-29-37(51-27-17-24-42(8,47)30-49-53(12,13)40(2,3)4)38(46)39(45(33,11)36(34)23-26-44(32,35)10)52-28-18-25-43(9,48)31-50-54(14,15)41(5,6)7/h19,21,32,35-39,46-48H,16-18,20,22-31H2,1-15H3/t32-,35-,36-,37?,38?,39?,42?,43?,44+,45-/m0/s1. The van der Waals surface area contributed by atoms with Crippen molar-refractivity contribution in [2.75, 3.05) is 24.7 Å². The van der Waals surface area contributed by atoms with Crippen molar-refractivity contribution in [1.82, 2.24) is 0 Å². The van der Waals surface area contributed by atoms with Crippen LogP contribution < -0.4 is 0 Å². The minimum absolute atomic E-state index is 0.0738. The summed E-state index contributed by atoms with van der Waals surface area (Å²) in [5.74, 6) is 3.80. The van der Waals surface area contributed by atoms with E-state index in [0.29, 0.717) is 43.3 Å². The first-order valence-corrected chi connectivity index (χ1v) is 29.6. The Bertz CT molecular complexity index is 1330. The number of fused-ring (bicyclic) bond motifs is 5. The van der Waals surface area contributed by atoms with Crippen molar-refractivity contribution in [3.05, 3.63) is 23.3 Å². The lowest BCUT2D eigenvalue weighted by Crippen LogP contribution is -2.56. The Hall–Kier alpha value is 0.414. The minimum Gasteiger partial charge on any atom is -0.414 e. The van der Waals surface area contributed by atoms with Crippen molar-refractivity contribution < 1.29 is 24.2 Å². The fourth-order valence-corrected chi connectivity index (χ4v) is 15.0. The number of aliphatic hydroxyl groups is 3. The van der Waals surface area contributed by atoms with Crippen LogP contribution in [0.15, 0.2) is 23.3 Å². The summed E-state index contributed by atoms with van der Waals surface area (Å²) in [5, 5.41) is 35.6. The molecular formula is C45H84O5S2Si2. The molecule has 3 saturated carbocycles. The molecule has 0 amide bonds.